The number of carbonyl (C=O) groups excluding carboxylic acids is 1. The van der Waals surface area contributed by atoms with Crippen LogP contribution in [0.25, 0.3) is 27.7 Å². The minimum Gasteiger partial charge on any atom is -0.381 e. The molecule has 0 unspecified atom stereocenters. The molecule has 6 aromatic rings. The smallest absolute Gasteiger partial charge is 0.259 e. The quantitative estimate of drug-likeness (QED) is 0.302. The predicted molar refractivity (Wildman–Crippen MR) is 151 cm³/mol. The molecule has 9 nitrogen and oxygen atoms in total. The van der Waals surface area contributed by atoms with Crippen molar-refractivity contribution in [3.8, 4) is 23.0 Å². The van der Waals surface area contributed by atoms with Crippen molar-refractivity contribution in [1.82, 2.24) is 34.7 Å². The van der Waals surface area contributed by atoms with E-state index in [0.29, 0.717) is 5.65 Å². The molecule has 0 saturated carbocycles. The topological polar surface area (TPSA) is 119 Å². The Morgan fingerprint density at radius 3 is 2.64 bits per heavy atom. The maximum atomic E-state index is 13.4. The van der Waals surface area contributed by atoms with Gasteiger partial charge in [-0.3, -0.25) is 9.48 Å². The lowest BCUT2D eigenvalue weighted by atomic mass is 9.96. The average molecular weight is 515 g/mol. The molecule has 4 heterocycles. The number of rotatable bonds is 4. The van der Waals surface area contributed by atoms with Gasteiger partial charge < -0.3 is 16.0 Å². The number of H-pyrrole nitrogens is 1. The standard InChI is InChI=1S/C30H26N8O/c1-18(34-30(39)26-28(31)36-38-16-8-15-32-29(26)38)27-25(20-9-5-4-6-10-20)24-21(11-7-12-23(24)35-27)13-14-22-17-33-37(3)19(22)2/h4-12,15-18,35H,1-3H3,(H2,31,36)(H,34,39)/t18-/m1/s1. The number of hydrogen-bond donors (Lipinski definition) is 3. The van der Waals surface area contributed by atoms with Crippen LogP contribution < -0.4 is 11.1 Å². The largest absolute Gasteiger partial charge is 0.381 e. The second-order valence-electron chi connectivity index (χ2n) is 9.37. The van der Waals surface area contributed by atoms with Gasteiger partial charge in [0.2, 0.25) is 0 Å². The first-order valence-electron chi connectivity index (χ1n) is 12.5. The minimum atomic E-state index is -0.389. The molecule has 0 aliphatic carbocycles. The van der Waals surface area contributed by atoms with Gasteiger partial charge in [0.25, 0.3) is 5.91 Å². The van der Waals surface area contributed by atoms with Gasteiger partial charge in [0, 0.05) is 47.2 Å². The predicted octanol–water partition coefficient (Wildman–Crippen LogP) is 4.39. The van der Waals surface area contributed by atoms with Crippen molar-refractivity contribution in [1.29, 1.82) is 0 Å². The molecule has 1 amide bonds. The highest BCUT2D eigenvalue weighted by Gasteiger charge is 2.25. The number of aryl methyl sites for hydroxylation is 1. The number of aromatic nitrogens is 6. The number of nitrogens with zero attached hydrogens (tertiary/aromatic N) is 5. The summed E-state index contributed by atoms with van der Waals surface area (Å²) in [4.78, 5) is 21.3. The first kappa shape index (κ1) is 24.0. The summed E-state index contributed by atoms with van der Waals surface area (Å²) in [6, 6.07) is 17.5. The fraction of sp³-hybridized carbons (Fsp3) is 0.133. The Hall–Kier alpha value is -5.36. The average Bonchev–Trinajstić information content (AvgIpc) is 3.60. The molecule has 0 spiro atoms. The SMILES string of the molecule is Cc1c(C#Cc2cccc3[nH]c([C@@H](C)NC(=O)c4c(N)nn5cccnc45)c(-c4ccccc4)c23)cnn1C. The molecule has 4 N–H and O–H groups in total. The Balaban J connectivity index is 1.46. The highest BCUT2D eigenvalue weighted by Crippen LogP contribution is 2.37. The summed E-state index contributed by atoms with van der Waals surface area (Å²) in [6.07, 6.45) is 5.10. The molecular weight excluding hydrogens is 488 g/mol. The second kappa shape index (κ2) is 9.50. The van der Waals surface area contributed by atoms with Crippen LogP contribution in [-0.2, 0) is 7.05 Å². The van der Waals surface area contributed by atoms with Crippen molar-refractivity contribution in [3.63, 3.8) is 0 Å². The first-order chi connectivity index (χ1) is 18.9. The van der Waals surface area contributed by atoms with Crippen LogP contribution in [0.1, 0.15) is 45.8 Å². The Kier molecular flexibility index (Phi) is 5.85. The van der Waals surface area contributed by atoms with Crippen molar-refractivity contribution in [2.24, 2.45) is 7.05 Å². The Bertz CT molecular complexity index is 1920. The van der Waals surface area contributed by atoms with Gasteiger partial charge in [-0.15, -0.1) is 5.10 Å². The lowest BCUT2D eigenvalue weighted by Gasteiger charge is -2.15. The molecule has 1 atom stereocenters. The van der Waals surface area contributed by atoms with Gasteiger partial charge in [-0.05, 0) is 37.6 Å². The molecule has 0 saturated heterocycles. The third-order valence-electron chi connectivity index (χ3n) is 6.91. The molecule has 192 valence electrons. The van der Waals surface area contributed by atoms with E-state index in [0.717, 1.165) is 44.5 Å². The number of hydrogen-bond acceptors (Lipinski definition) is 5. The maximum absolute atomic E-state index is 13.4. The number of benzene rings is 2. The lowest BCUT2D eigenvalue weighted by Crippen LogP contribution is -2.28. The van der Waals surface area contributed by atoms with E-state index in [2.05, 4.69) is 49.5 Å². The molecule has 4 aromatic heterocycles. The molecular formula is C30H26N8O. The second-order valence-corrected chi connectivity index (χ2v) is 9.37. The zero-order valence-corrected chi connectivity index (χ0v) is 21.7. The number of nitrogen functional groups attached to an aromatic ring is 1. The van der Waals surface area contributed by atoms with E-state index in [-0.39, 0.29) is 23.3 Å². The van der Waals surface area contributed by atoms with Gasteiger partial charge in [-0.25, -0.2) is 9.50 Å². The molecule has 6 rings (SSSR count). The molecule has 0 bridgehead atoms. The van der Waals surface area contributed by atoms with Crippen molar-refractivity contribution in [2.45, 2.75) is 19.9 Å². The zero-order chi connectivity index (χ0) is 27.1. The summed E-state index contributed by atoms with van der Waals surface area (Å²) in [7, 11) is 1.90. The van der Waals surface area contributed by atoms with E-state index in [1.54, 1.807) is 24.7 Å². The van der Waals surface area contributed by atoms with Gasteiger partial charge >= 0.3 is 0 Å². The normalized spacial score (nSPS) is 11.9. The van der Waals surface area contributed by atoms with Crippen LogP contribution in [-0.4, -0.2) is 35.3 Å². The van der Waals surface area contributed by atoms with Crippen LogP contribution in [0.4, 0.5) is 5.82 Å². The lowest BCUT2D eigenvalue weighted by molar-refractivity contribution is 0.0941. The van der Waals surface area contributed by atoms with Crippen LogP contribution in [0.5, 0.6) is 0 Å². The monoisotopic (exact) mass is 514 g/mol. The zero-order valence-electron chi connectivity index (χ0n) is 21.7. The number of nitrogens with one attached hydrogen (secondary N) is 2. The summed E-state index contributed by atoms with van der Waals surface area (Å²) in [5, 5.41) is 12.6. The fourth-order valence-electron chi connectivity index (χ4n) is 4.82. The summed E-state index contributed by atoms with van der Waals surface area (Å²) in [5.41, 5.74) is 13.3. The summed E-state index contributed by atoms with van der Waals surface area (Å²) in [6.45, 7) is 3.94. The van der Waals surface area contributed by atoms with Gasteiger partial charge in [0.1, 0.15) is 5.56 Å². The molecule has 0 aliphatic heterocycles. The van der Waals surface area contributed by atoms with E-state index in [1.807, 2.05) is 62.0 Å². The van der Waals surface area contributed by atoms with Crippen LogP contribution in [0.15, 0.2) is 73.2 Å². The van der Waals surface area contributed by atoms with Crippen molar-refractivity contribution in [3.05, 3.63) is 101 Å². The summed E-state index contributed by atoms with van der Waals surface area (Å²) < 4.78 is 3.31. The highest BCUT2D eigenvalue weighted by atomic mass is 16.1. The molecule has 39 heavy (non-hydrogen) atoms. The Labute approximate surface area is 224 Å². The third kappa shape index (κ3) is 4.18. The number of fused-ring (bicyclic) bond motifs is 2. The number of nitrogens with two attached hydrogens (primary N) is 1. The molecule has 0 aliphatic rings. The van der Waals surface area contributed by atoms with Gasteiger partial charge in [-0.1, -0.05) is 48.2 Å². The first-order valence-corrected chi connectivity index (χ1v) is 12.5. The van der Waals surface area contributed by atoms with E-state index < -0.39 is 0 Å². The van der Waals surface area contributed by atoms with Crippen molar-refractivity contribution in [2.75, 3.05) is 5.73 Å². The minimum absolute atomic E-state index is 0.126. The maximum Gasteiger partial charge on any atom is 0.259 e. The van der Waals surface area contributed by atoms with Gasteiger partial charge in [0.15, 0.2) is 11.5 Å². The van der Waals surface area contributed by atoms with E-state index in [4.69, 9.17) is 5.73 Å². The molecule has 2 aromatic carbocycles. The third-order valence-corrected chi connectivity index (χ3v) is 6.91. The van der Waals surface area contributed by atoms with Crippen LogP contribution in [0, 0.1) is 18.8 Å². The Morgan fingerprint density at radius 2 is 1.87 bits per heavy atom. The van der Waals surface area contributed by atoms with Crippen molar-refractivity contribution >= 4 is 28.3 Å². The van der Waals surface area contributed by atoms with Crippen LogP contribution >= 0.6 is 0 Å². The number of aromatic amines is 1. The van der Waals surface area contributed by atoms with Gasteiger partial charge in [0.05, 0.1) is 23.5 Å². The fourth-order valence-corrected chi connectivity index (χ4v) is 4.82. The Morgan fingerprint density at radius 1 is 1.08 bits per heavy atom. The summed E-state index contributed by atoms with van der Waals surface area (Å²) >= 11 is 0. The number of amides is 1. The van der Waals surface area contributed by atoms with Crippen LogP contribution in [0.3, 0.4) is 0 Å². The van der Waals surface area contributed by atoms with E-state index in [1.165, 1.54) is 4.52 Å². The van der Waals surface area contributed by atoms with Crippen molar-refractivity contribution < 1.29 is 4.79 Å². The molecule has 9 heteroatoms. The molecule has 0 radical (unpaired) electrons. The number of anilines is 1. The van der Waals surface area contributed by atoms with E-state index >= 15 is 0 Å². The molecule has 0 fully saturated rings. The van der Waals surface area contributed by atoms with Gasteiger partial charge in [-0.2, -0.15) is 5.10 Å². The van der Waals surface area contributed by atoms with E-state index in [9.17, 15) is 4.79 Å². The van der Waals surface area contributed by atoms with Crippen LogP contribution in [0.2, 0.25) is 0 Å². The summed E-state index contributed by atoms with van der Waals surface area (Å²) in [5.74, 6) is 6.43. The number of carbonyl (C=O) groups is 1. The highest BCUT2D eigenvalue weighted by molar-refractivity contribution is 6.05.